The number of non-ortho nitro benzene ring substituents is 1. The molecule has 0 fully saturated rings. The van der Waals surface area contributed by atoms with Gasteiger partial charge < -0.3 is 25.8 Å². The molecule has 0 radical (unpaired) electrons. The molecule has 1 atom stereocenters. The lowest BCUT2D eigenvalue weighted by molar-refractivity contribution is -0.384. The Morgan fingerprint density at radius 3 is 2.49 bits per heavy atom. The summed E-state index contributed by atoms with van der Waals surface area (Å²) in [5.74, 6) is -0.774. The van der Waals surface area contributed by atoms with Gasteiger partial charge in [-0.2, -0.15) is 0 Å². The van der Waals surface area contributed by atoms with E-state index in [1.165, 1.54) is 25.3 Å². The Hall–Kier alpha value is -4.15. The fourth-order valence-electron chi connectivity index (χ4n) is 3.30. The minimum absolute atomic E-state index is 0.0407. The number of primary amides is 1. The minimum Gasteiger partial charge on any atom is -0.496 e. The standard InChI is InChI=1S/C24H30N4O7/c1-34-21-12-11-19(28(32)33)14-18(21)15-20(23(25)30)27-22(29)10-6-3-7-13-26-24(31)35-16-17-8-4-2-5-9-17/h2,4-5,8-9,11-12,14,20H,3,6-7,10,13,15-16H2,1H3,(H2,25,30)(H,26,31)(H,27,29)/t20-/m1/s1. The summed E-state index contributed by atoms with van der Waals surface area (Å²) in [4.78, 5) is 46.3. The van der Waals surface area contributed by atoms with Crippen LogP contribution >= 0.6 is 0 Å². The maximum absolute atomic E-state index is 12.3. The van der Waals surface area contributed by atoms with E-state index in [9.17, 15) is 24.5 Å². The molecule has 4 N–H and O–H groups in total. The largest absolute Gasteiger partial charge is 0.496 e. The van der Waals surface area contributed by atoms with Crippen molar-refractivity contribution in [3.63, 3.8) is 0 Å². The molecule has 0 aromatic heterocycles. The highest BCUT2D eigenvalue weighted by molar-refractivity contribution is 5.86. The minimum atomic E-state index is -1.04. The number of ether oxygens (including phenoxy) is 2. The summed E-state index contributed by atoms with van der Waals surface area (Å²) in [7, 11) is 1.40. The summed E-state index contributed by atoms with van der Waals surface area (Å²) in [5, 5.41) is 16.3. The van der Waals surface area contributed by atoms with Crippen molar-refractivity contribution in [2.75, 3.05) is 13.7 Å². The fraction of sp³-hybridized carbons (Fsp3) is 0.375. The molecule has 0 saturated carbocycles. The van der Waals surface area contributed by atoms with E-state index >= 15 is 0 Å². The molecule has 11 heteroatoms. The number of alkyl carbamates (subject to hydrolysis) is 1. The number of carbonyl (C=O) groups excluding carboxylic acids is 3. The smallest absolute Gasteiger partial charge is 0.407 e. The Kier molecular flexibility index (Phi) is 11.0. The molecule has 2 rings (SSSR count). The van der Waals surface area contributed by atoms with Gasteiger partial charge in [-0.05, 0) is 24.5 Å². The molecule has 11 nitrogen and oxygen atoms in total. The van der Waals surface area contributed by atoms with Gasteiger partial charge in [0.1, 0.15) is 18.4 Å². The van der Waals surface area contributed by atoms with E-state index in [1.54, 1.807) is 0 Å². The monoisotopic (exact) mass is 486 g/mol. The first-order valence-electron chi connectivity index (χ1n) is 11.1. The van der Waals surface area contributed by atoms with Crippen LogP contribution in [0, 0.1) is 10.1 Å². The molecule has 0 saturated heterocycles. The summed E-state index contributed by atoms with van der Waals surface area (Å²) >= 11 is 0. The quantitative estimate of drug-likeness (QED) is 0.210. The van der Waals surface area contributed by atoms with E-state index < -0.39 is 23.0 Å². The van der Waals surface area contributed by atoms with E-state index in [0.717, 1.165) is 5.56 Å². The number of benzene rings is 2. The van der Waals surface area contributed by atoms with Gasteiger partial charge in [0.25, 0.3) is 5.69 Å². The normalized spacial score (nSPS) is 11.2. The topological polar surface area (TPSA) is 163 Å². The first kappa shape index (κ1) is 27.1. The maximum Gasteiger partial charge on any atom is 0.407 e. The summed E-state index contributed by atoms with van der Waals surface area (Å²) in [6, 6.07) is 12.3. The second kappa shape index (κ2) is 14.2. The average molecular weight is 487 g/mol. The Labute approximate surface area is 203 Å². The summed E-state index contributed by atoms with van der Waals surface area (Å²) in [6.45, 7) is 0.599. The van der Waals surface area contributed by atoms with E-state index in [1.807, 2.05) is 30.3 Å². The number of nitrogens with one attached hydrogen (secondary N) is 2. The van der Waals surface area contributed by atoms with E-state index in [0.29, 0.717) is 37.1 Å². The van der Waals surface area contributed by atoms with E-state index in [-0.39, 0.29) is 31.0 Å². The molecule has 0 spiro atoms. The van der Waals surface area contributed by atoms with Gasteiger partial charge in [-0.3, -0.25) is 19.7 Å². The third kappa shape index (κ3) is 9.70. The van der Waals surface area contributed by atoms with Crippen molar-refractivity contribution in [1.82, 2.24) is 10.6 Å². The lowest BCUT2D eigenvalue weighted by atomic mass is 10.0. The number of methoxy groups -OCH3 is 1. The third-order valence-electron chi connectivity index (χ3n) is 5.14. The number of rotatable bonds is 14. The Balaban J connectivity index is 1.70. The van der Waals surface area contributed by atoms with Crippen LogP contribution in [0.5, 0.6) is 5.75 Å². The molecule has 0 aliphatic carbocycles. The van der Waals surface area contributed by atoms with Gasteiger partial charge in [0.2, 0.25) is 11.8 Å². The second-order valence-electron chi connectivity index (χ2n) is 7.78. The zero-order valence-electron chi connectivity index (χ0n) is 19.5. The van der Waals surface area contributed by atoms with Crippen molar-refractivity contribution < 1.29 is 28.8 Å². The molecular weight excluding hydrogens is 456 g/mol. The molecule has 0 aliphatic rings. The number of hydrogen-bond acceptors (Lipinski definition) is 7. The van der Waals surface area contributed by atoms with Gasteiger partial charge in [0.15, 0.2) is 0 Å². The molecular formula is C24H30N4O7. The van der Waals surface area contributed by atoms with Crippen molar-refractivity contribution in [3.05, 3.63) is 69.8 Å². The third-order valence-corrected chi connectivity index (χ3v) is 5.14. The maximum atomic E-state index is 12.3. The molecule has 2 aromatic rings. The predicted molar refractivity (Wildman–Crippen MR) is 128 cm³/mol. The first-order valence-corrected chi connectivity index (χ1v) is 11.1. The number of carbonyl (C=O) groups is 3. The van der Waals surface area contributed by atoms with Gasteiger partial charge in [-0.25, -0.2) is 4.79 Å². The fourth-order valence-corrected chi connectivity index (χ4v) is 3.30. The molecule has 0 unspecified atom stereocenters. The Morgan fingerprint density at radius 2 is 1.83 bits per heavy atom. The second-order valence-corrected chi connectivity index (χ2v) is 7.78. The SMILES string of the molecule is COc1ccc([N+](=O)[O-])cc1C[C@@H](NC(=O)CCCCCNC(=O)OCc1ccccc1)C(N)=O. The van der Waals surface area contributed by atoms with Crippen LogP contribution in [-0.2, 0) is 27.4 Å². The van der Waals surface area contributed by atoms with Crippen LogP contribution in [0.25, 0.3) is 0 Å². The Morgan fingerprint density at radius 1 is 1.09 bits per heavy atom. The first-order chi connectivity index (χ1) is 16.8. The number of nitrogens with zero attached hydrogens (tertiary/aromatic N) is 1. The van der Waals surface area contributed by atoms with Crippen LogP contribution in [0.4, 0.5) is 10.5 Å². The van der Waals surface area contributed by atoms with Crippen molar-refractivity contribution in [2.45, 2.75) is 44.8 Å². The van der Waals surface area contributed by atoms with Crippen LogP contribution in [0.1, 0.15) is 36.8 Å². The molecule has 0 aliphatic heterocycles. The highest BCUT2D eigenvalue weighted by atomic mass is 16.6. The number of unbranched alkanes of at least 4 members (excludes halogenated alkanes) is 2. The van der Waals surface area contributed by atoms with Crippen molar-refractivity contribution in [2.24, 2.45) is 5.73 Å². The van der Waals surface area contributed by atoms with Crippen molar-refractivity contribution in [1.29, 1.82) is 0 Å². The lowest BCUT2D eigenvalue weighted by Crippen LogP contribution is -2.45. The van der Waals surface area contributed by atoms with Crippen LogP contribution in [0.15, 0.2) is 48.5 Å². The molecule has 188 valence electrons. The lowest BCUT2D eigenvalue weighted by Gasteiger charge is -2.17. The zero-order valence-corrected chi connectivity index (χ0v) is 19.5. The van der Waals surface area contributed by atoms with Gasteiger partial charge in [-0.1, -0.05) is 36.8 Å². The van der Waals surface area contributed by atoms with Crippen LogP contribution < -0.4 is 21.1 Å². The van der Waals surface area contributed by atoms with Crippen LogP contribution in [0.2, 0.25) is 0 Å². The van der Waals surface area contributed by atoms with Gasteiger partial charge in [-0.15, -0.1) is 0 Å². The molecule has 0 heterocycles. The van der Waals surface area contributed by atoms with Crippen molar-refractivity contribution >= 4 is 23.6 Å². The van der Waals surface area contributed by atoms with Crippen LogP contribution in [0.3, 0.4) is 0 Å². The zero-order chi connectivity index (χ0) is 25.6. The van der Waals surface area contributed by atoms with Gasteiger partial charge in [0, 0.05) is 37.1 Å². The molecule has 2 aromatic carbocycles. The number of amides is 3. The van der Waals surface area contributed by atoms with Gasteiger partial charge >= 0.3 is 6.09 Å². The van der Waals surface area contributed by atoms with Crippen LogP contribution in [-0.4, -0.2) is 42.5 Å². The summed E-state index contributed by atoms with van der Waals surface area (Å²) in [5.41, 5.74) is 6.55. The summed E-state index contributed by atoms with van der Waals surface area (Å²) in [6.07, 6.45) is 1.48. The number of nitrogens with two attached hydrogens (primary N) is 1. The number of nitro groups is 1. The Bertz CT molecular complexity index is 1010. The summed E-state index contributed by atoms with van der Waals surface area (Å²) < 4.78 is 10.3. The molecule has 3 amide bonds. The molecule has 0 bridgehead atoms. The van der Waals surface area contributed by atoms with E-state index in [4.69, 9.17) is 15.2 Å². The van der Waals surface area contributed by atoms with Crippen molar-refractivity contribution in [3.8, 4) is 5.75 Å². The number of nitro benzene ring substituents is 1. The number of hydrogen-bond donors (Lipinski definition) is 3. The van der Waals surface area contributed by atoms with Gasteiger partial charge in [0.05, 0.1) is 12.0 Å². The highest BCUT2D eigenvalue weighted by Gasteiger charge is 2.22. The highest BCUT2D eigenvalue weighted by Crippen LogP contribution is 2.25. The predicted octanol–water partition coefficient (Wildman–Crippen LogP) is 2.60. The molecule has 35 heavy (non-hydrogen) atoms. The average Bonchev–Trinajstić information content (AvgIpc) is 2.84. The van der Waals surface area contributed by atoms with E-state index in [2.05, 4.69) is 10.6 Å².